The van der Waals surface area contributed by atoms with Crippen LogP contribution in [0, 0.1) is 0 Å². The Morgan fingerprint density at radius 3 is 2.73 bits per heavy atom. The fourth-order valence-electron chi connectivity index (χ4n) is 0.457. The molecule has 0 aliphatic rings. The molecular formula is C9H14O2. The van der Waals surface area contributed by atoms with Gasteiger partial charge in [-0.15, -0.1) is 0 Å². The molecule has 0 saturated heterocycles. The highest BCUT2D eigenvalue weighted by Gasteiger charge is 1.83. The summed E-state index contributed by atoms with van der Waals surface area (Å²) in [5.41, 5.74) is 0. The van der Waals surface area contributed by atoms with Crippen LogP contribution in [-0.2, 0) is 9.47 Å². The van der Waals surface area contributed by atoms with Crippen molar-refractivity contribution in [3.63, 3.8) is 0 Å². The molecule has 0 rings (SSSR count). The summed E-state index contributed by atoms with van der Waals surface area (Å²) >= 11 is 0. The average molecular weight is 154 g/mol. The Hall–Kier alpha value is -1.02. The van der Waals surface area contributed by atoms with Gasteiger partial charge in [-0.1, -0.05) is 24.8 Å². The summed E-state index contributed by atoms with van der Waals surface area (Å²) in [4.78, 5) is 0. The third-order valence-corrected chi connectivity index (χ3v) is 0.948. The van der Waals surface area contributed by atoms with Crippen LogP contribution in [0.1, 0.15) is 6.92 Å². The van der Waals surface area contributed by atoms with E-state index >= 15 is 0 Å². The van der Waals surface area contributed by atoms with Crippen molar-refractivity contribution in [3.05, 3.63) is 36.6 Å². The number of methoxy groups -OCH3 is 1. The van der Waals surface area contributed by atoms with Gasteiger partial charge in [-0.25, -0.2) is 0 Å². The second-order valence-electron chi connectivity index (χ2n) is 1.90. The van der Waals surface area contributed by atoms with E-state index in [-0.39, 0.29) is 6.79 Å². The number of ether oxygens (including phenoxy) is 2. The summed E-state index contributed by atoms with van der Waals surface area (Å²) in [5.74, 6) is 0.602. The summed E-state index contributed by atoms with van der Waals surface area (Å²) in [6.45, 7) is 5.84. The van der Waals surface area contributed by atoms with Gasteiger partial charge < -0.3 is 9.47 Å². The van der Waals surface area contributed by atoms with Crippen LogP contribution >= 0.6 is 0 Å². The van der Waals surface area contributed by atoms with E-state index in [2.05, 4.69) is 11.3 Å². The highest BCUT2D eigenvalue weighted by Crippen LogP contribution is 1.95. The third kappa shape index (κ3) is 6.87. The molecule has 0 unspecified atom stereocenters. The minimum absolute atomic E-state index is 0.249. The molecule has 0 aromatic rings. The largest absolute Gasteiger partial charge is 0.468 e. The van der Waals surface area contributed by atoms with Gasteiger partial charge in [0.1, 0.15) is 5.76 Å². The molecule has 2 nitrogen and oxygen atoms in total. The van der Waals surface area contributed by atoms with Crippen molar-refractivity contribution in [2.45, 2.75) is 6.92 Å². The molecule has 0 spiro atoms. The Balaban J connectivity index is 3.51. The van der Waals surface area contributed by atoms with Crippen LogP contribution in [0.5, 0.6) is 0 Å². The van der Waals surface area contributed by atoms with Crippen molar-refractivity contribution < 1.29 is 9.47 Å². The Bertz CT molecular complexity index is 157. The summed E-state index contributed by atoms with van der Waals surface area (Å²) < 4.78 is 9.68. The van der Waals surface area contributed by atoms with Gasteiger partial charge in [-0.2, -0.15) is 0 Å². The highest BCUT2D eigenvalue weighted by atomic mass is 16.7. The van der Waals surface area contributed by atoms with Gasteiger partial charge in [0.2, 0.25) is 0 Å². The van der Waals surface area contributed by atoms with Crippen molar-refractivity contribution in [3.8, 4) is 0 Å². The Labute approximate surface area is 67.8 Å². The molecule has 0 aromatic heterocycles. The molecule has 0 saturated carbocycles. The van der Waals surface area contributed by atoms with E-state index in [1.807, 2.05) is 25.2 Å². The lowest BCUT2D eigenvalue weighted by Gasteiger charge is -2.01. The molecule has 0 amide bonds. The first-order chi connectivity index (χ1) is 5.31. The van der Waals surface area contributed by atoms with Gasteiger partial charge in [0, 0.05) is 7.11 Å². The van der Waals surface area contributed by atoms with Crippen molar-refractivity contribution in [2.75, 3.05) is 13.9 Å². The lowest BCUT2D eigenvalue weighted by Crippen LogP contribution is -1.92. The van der Waals surface area contributed by atoms with Gasteiger partial charge in [-0.3, -0.25) is 0 Å². The Kier molecular flexibility index (Phi) is 6.43. The van der Waals surface area contributed by atoms with Crippen molar-refractivity contribution >= 4 is 0 Å². The van der Waals surface area contributed by atoms with Gasteiger partial charge in [0.25, 0.3) is 0 Å². The standard InChI is InChI=1S/C9H14O2/c1-4-5-6-7-9(2)11-8-10-3/h4-7H,2,8H2,1,3H3/b5-4-,7-6-. The van der Waals surface area contributed by atoms with Crippen LogP contribution in [0.4, 0.5) is 0 Å². The lowest BCUT2D eigenvalue weighted by atomic mass is 10.4. The molecule has 0 aliphatic heterocycles. The predicted molar refractivity (Wildman–Crippen MR) is 46.1 cm³/mol. The highest BCUT2D eigenvalue weighted by molar-refractivity contribution is 5.13. The topological polar surface area (TPSA) is 18.5 Å². The summed E-state index contributed by atoms with van der Waals surface area (Å²) in [5, 5.41) is 0. The van der Waals surface area contributed by atoms with Gasteiger partial charge in [0.05, 0.1) is 0 Å². The number of allylic oxidation sites excluding steroid dienone is 4. The molecule has 62 valence electrons. The van der Waals surface area contributed by atoms with Gasteiger partial charge >= 0.3 is 0 Å². The maximum Gasteiger partial charge on any atom is 0.188 e. The Morgan fingerprint density at radius 2 is 2.18 bits per heavy atom. The smallest absolute Gasteiger partial charge is 0.188 e. The number of hydrogen-bond donors (Lipinski definition) is 0. The van der Waals surface area contributed by atoms with Gasteiger partial charge in [-0.05, 0) is 13.0 Å². The molecule has 2 heteroatoms. The normalized spacial score (nSPS) is 11.1. The molecule has 0 N–H and O–H groups in total. The second kappa shape index (κ2) is 7.09. The third-order valence-electron chi connectivity index (χ3n) is 0.948. The fourth-order valence-corrected chi connectivity index (χ4v) is 0.457. The van der Waals surface area contributed by atoms with E-state index < -0.39 is 0 Å². The van der Waals surface area contributed by atoms with Crippen LogP contribution in [0.2, 0.25) is 0 Å². The minimum Gasteiger partial charge on any atom is -0.468 e. The van der Waals surface area contributed by atoms with Crippen LogP contribution < -0.4 is 0 Å². The zero-order chi connectivity index (χ0) is 8.53. The van der Waals surface area contributed by atoms with E-state index in [4.69, 9.17) is 4.74 Å². The quantitative estimate of drug-likeness (QED) is 0.343. The second-order valence-corrected chi connectivity index (χ2v) is 1.90. The number of rotatable bonds is 5. The van der Waals surface area contributed by atoms with E-state index in [1.54, 1.807) is 13.2 Å². The molecule has 0 aromatic carbocycles. The molecule has 0 heterocycles. The zero-order valence-electron chi connectivity index (χ0n) is 7.04. The van der Waals surface area contributed by atoms with E-state index in [1.165, 1.54) is 0 Å². The monoisotopic (exact) mass is 154 g/mol. The fraction of sp³-hybridized carbons (Fsp3) is 0.333. The predicted octanol–water partition coefficient (Wildman–Crippen LogP) is 2.25. The molecule has 0 fully saturated rings. The summed E-state index contributed by atoms with van der Waals surface area (Å²) in [6, 6.07) is 0. The average Bonchev–Trinajstić information content (AvgIpc) is 2.01. The maximum absolute atomic E-state index is 5.00. The van der Waals surface area contributed by atoms with E-state index in [0.29, 0.717) is 5.76 Å². The first kappa shape index (κ1) is 9.98. The van der Waals surface area contributed by atoms with Crippen molar-refractivity contribution in [1.82, 2.24) is 0 Å². The van der Waals surface area contributed by atoms with Crippen molar-refractivity contribution in [2.24, 2.45) is 0 Å². The van der Waals surface area contributed by atoms with Crippen LogP contribution in [-0.4, -0.2) is 13.9 Å². The molecule has 0 atom stereocenters. The van der Waals surface area contributed by atoms with E-state index in [9.17, 15) is 0 Å². The van der Waals surface area contributed by atoms with Crippen LogP contribution in [0.25, 0.3) is 0 Å². The summed E-state index contributed by atoms with van der Waals surface area (Å²) in [6.07, 6.45) is 7.47. The molecule has 0 radical (unpaired) electrons. The zero-order valence-corrected chi connectivity index (χ0v) is 7.04. The van der Waals surface area contributed by atoms with Crippen LogP contribution in [0.15, 0.2) is 36.6 Å². The Morgan fingerprint density at radius 1 is 1.45 bits per heavy atom. The van der Waals surface area contributed by atoms with Crippen molar-refractivity contribution in [1.29, 1.82) is 0 Å². The number of hydrogen-bond acceptors (Lipinski definition) is 2. The van der Waals surface area contributed by atoms with E-state index in [0.717, 1.165) is 0 Å². The minimum atomic E-state index is 0.249. The first-order valence-electron chi connectivity index (χ1n) is 3.41. The molecular weight excluding hydrogens is 140 g/mol. The van der Waals surface area contributed by atoms with Gasteiger partial charge in [0.15, 0.2) is 6.79 Å². The molecule has 0 aliphatic carbocycles. The van der Waals surface area contributed by atoms with Crippen LogP contribution in [0.3, 0.4) is 0 Å². The molecule has 0 bridgehead atoms. The SMILES string of the molecule is C=C(/C=C\C=C/C)OCOC. The first-order valence-corrected chi connectivity index (χ1v) is 3.41. The lowest BCUT2D eigenvalue weighted by molar-refractivity contribution is 0.0106. The summed E-state index contributed by atoms with van der Waals surface area (Å²) in [7, 11) is 1.57. The maximum atomic E-state index is 5.00. The molecule has 11 heavy (non-hydrogen) atoms.